The van der Waals surface area contributed by atoms with E-state index >= 15 is 0 Å². The minimum atomic E-state index is -1.01. The summed E-state index contributed by atoms with van der Waals surface area (Å²) >= 11 is 6.57. The Balaban J connectivity index is 1.81. The minimum Gasteiger partial charge on any atom is -0.497 e. The van der Waals surface area contributed by atoms with E-state index < -0.39 is 11.9 Å². The van der Waals surface area contributed by atoms with E-state index in [1.165, 1.54) is 6.07 Å². The predicted molar refractivity (Wildman–Crippen MR) is 131 cm³/mol. The first-order valence-electron chi connectivity index (χ1n) is 10.7. The maximum Gasteiger partial charge on any atom is 0.305 e. The monoisotopic (exact) mass is 499 g/mol. The average molecular weight is 500 g/mol. The Morgan fingerprint density at radius 1 is 0.829 bits per heavy atom. The number of nitrogens with one attached hydrogen (secondary N) is 1. The van der Waals surface area contributed by atoms with Gasteiger partial charge >= 0.3 is 5.97 Å². The standard InChI is InChI=1S/C26H26ClNO7/c1-32-19-7-3-17(4-8-19)15-34-22-12-11-21(26(31)28-14-13-23(29)30)24(27)25(22)35-16-18-5-9-20(33-2)10-6-18/h3-12H,13-16H2,1-2H3,(H,28,31)(H,29,30). The molecule has 0 fully saturated rings. The highest BCUT2D eigenvalue weighted by Crippen LogP contribution is 2.39. The van der Waals surface area contributed by atoms with Crippen LogP contribution in [-0.4, -0.2) is 37.7 Å². The van der Waals surface area contributed by atoms with Crippen molar-refractivity contribution in [1.29, 1.82) is 0 Å². The third kappa shape index (κ3) is 7.28. The van der Waals surface area contributed by atoms with E-state index in [1.807, 2.05) is 48.5 Å². The zero-order valence-corrected chi connectivity index (χ0v) is 20.1. The first kappa shape index (κ1) is 25.7. The van der Waals surface area contributed by atoms with Crippen LogP contribution in [0.2, 0.25) is 5.02 Å². The quantitative estimate of drug-likeness (QED) is 0.371. The molecular weight excluding hydrogens is 474 g/mol. The fourth-order valence-electron chi connectivity index (χ4n) is 3.10. The molecule has 0 aromatic heterocycles. The maximum atomic E-state index is 12.6. The molecular formula is C26H26ClNO7. The van der Waals surface area contributed by atoms with Crippen molar-refractivity contribution in [2.75, 3.05) is 20.8 Å². The number of ether oxygens (including phenoxy) is 4. The number of aliphatic carboxylic acids is 1. The van der Waals surface area contributed by atoms with Crippen LogP contribution in [0.4, 0.5) is 0 Å². The molecule has 3 aromatic carbocycles. The molecule has 0 radical (unpaired) electrons. The summed E-state index contributed by atoms with van der Waals surface area (Å²) in [6.07, 6.45) is -0.201. The van der Waals surface area contributed by atoms with Gasteiger partial charge in [0.25, 0.3) is 5.91 Å². The predicted octanol–water partition coefficient (Wildman–Crippen LogP) is 4.72. The molecule has 0 spiro atoms. The third-order valence-electron chi connectivity index (χ3n) is 5.03. The Morgan fingerprint density at radius 3 is 1.89 bits per heavy atom. The van der Waals surface area contributed by atoms with Crippen LogP contribution >= 0.6 is 11.6 Å². The number of amides is 1. The van der Waals surface area contributed by atoms with E-state index in [4.69, 9.17) is 35.7 Å². The van der Waals surface area contributed by atoms with Gasteiger partial charge in [-0.05, 0) is 47.5 Å². The zero-order valence-electron chi connectivity index (χ0n) is 19.4. The van der Waals surface area contributed by atoms with Crippen LogP contribution in [0.1, 0.15) is 27.9 Å². The number of rotatable bonds is 12. The van der Waals surface area contributed by atoms with E-state index in [-0.39, 0.29) is 42.5 Å². The second kappa shape index (κ2) is 12.5. The highest BCUT2D eigenvalue weighted by atomic mass is 35.5. The Labute approximate surface area is 208 Å². The van der Waals surface area contributed by atoms with E-state index in [9.17, 15) is 9.59 Å². The topological polar surface area (TPSA) is 103 Å². The molecule has 0 aliphatic rings. The van der Waals surface area contributed by atoms with Gasteiger partial charge in [0.15, 0.2) is 11.5 Å². The lowest BCUT2D eigenvalue weighted by atomic mass is 10.1. The minimum absolute atomic E-state index is 0.0255. The molecule has 0 saturated carbocycles. The molecule has 184 valence electrons. The molecule has 0 atom stereocenters. The van der Waals surface area contributed by atoms with Gasteiger partial charge in [-0.25, -0.2) is 0 Å². The number of carbonyl (C=O) groups is 2. The number of halogens is 1. The summed E-state index contributed by atoms with van der Waals surface area (Å²) in [5.41, 5.74) is 1.91. The molecule has 0 aliphatic heterocycles. The largest absolute Gasteiger partial charge is 0.497 e. The Morgan fingerprint density at radius 2 is 1.37 bits per heavy atom. The van der Waals surface area contributed by atoms with Crippen LogP contribution in [0.25, 0.3) is 0 Å². The number of methoxy groups -OCH3 is 2. The molecule has 3 aromatic rings. The van der Waals surface area contributed by atoms with Crippen LogP contribution in [0.15, 0.2) is 60.7 Å². The van der Waals surface area contributed by atoms with Gasteiger partial charge in [0, 0.05) is 6.54 Å². The second-order valence-corrected chi connectivity index (χ2v) is 7.81. The van der Waals surface area contributed by atoms with Crippen LogP contribution in [-0.2, 0) is 18.0 Å². The zero-order chi connectivity index (χ0) is 25.2. The summed E-state index contributed by atoms with van der Waals surface area (Å²) in [6, 6.07) is 17.9. The number of carboxylic acids is 1. The first-order chi connectivity index (χ1) is 16.9. The lowest BCUT2D eigenvalue weighted by Crippen LogP contribution is -2.26. The molecule has 3 rings (SSSR count). The smallest absolute Gasteiger partial charge is 0.305 e. The lowest BCUT2D eigenvalue weighted by Gasteiger charge is -2.17. The van der Waals surface area contributed by atoms with Gasteiger partial charge in [0.05, 0.1) is 31.2 Å². The van der Waals surface area contributed by atoms with Crippen molar-refractivity contribution < 1.29 is 33.6 Å². The molecule has 8 nitrogen and oxygen atoms in total. The highest BCUT2D eigenvalue weighted by Gasteiger charge is 2.20. The fourth-order valence-corrected chi connectivity index (χ4v) is 3.40. The first-order valence-corrected chi connectivity index (χ1v) is 11.1. The molecule has 2 N–H and O–H groups in total. The molecule has 9 heteroatoms. The van der Waals surface area contributed by atoms with Crippen LogP contribution in [0, 0.1) is 0 Å². The van der Waals surface area contributed by atoms with Crippen molar-refractivity contribution in [2.24, 2.45) is 0 Å². The van der Waals surface area contributed by atoms with Gasteiger partial charge in [-0.2, -0.15) is 0 Å². The Kier molecular flexibility index (Phi) is 9.20. The van der Waals surface area contributed by atoms with E-state index in [1.54, 1.807) is 20.3 Å². The second-order valence-electron chi connectivity index (χ2n) is 7.43. The number of hydrogen-bond donors (Lipinski definition) is 2. The van der Waals surface area contributed by atoms with Crippen LogP contribution in [0.3, 0.4) is 0 Å². The molecule has 0 aliphatic carbocycles. The van der Waals surface area contributed by atoms with Crippen molar-refractivity contribution in [3.05, 3.63) is 82.4 Å². The van der Waals surface area contributed by atoms with Gasteiger partial charge in [0.2, 0.25) is 0 Å². The molecule has 0 bridgehead atoms. The van der Waals surface area contributed by atoms with Gasteiger partial charge < -0.3 is 29.4 Å². The summed E-state index contributed by atoms with van der Waals surface area (Å²) in [6.45, 7) is 0.387. The number of benzene rings is 3. The van der Waals surface area contributed by atoms with Gasteiger partial charge in [0.1, 0.15) is 24.7 Å². The van der Waals surface area contributed by atoms with Crippen molar-refractivity contribution in [2.45, 2.75) is 19.6 Å². The van der Waals surface area contributed by atoms with E-state index in [0.717, 1.165) is 22.6 Å². The Bertz CT molecular complexity index is 1150. The summed E-state index contributed by atoms with van der Waals surface area (Å²) in [7, 11) is 3.18. The average Bonchev–Trinajstić information content (AvgIpc) is 2.87. The van der Waals surface area contributed by atoms with E-state index in [2.05, 4.69) is 5.32 Å². The third-order valence-corrected chi connectivity index (χ3v) is 5.40. The van der Waals surface area contributed by atoms with Gasteiger partial charge in [-0.1, -0.05) is 35.9 Å². The van der Waals surface area contributed by atoms with Gasteiger partial charge in [-0.3, -0.25) is 9.59 Å². The summed E-state index contributed by atoms with van der Waals surface area (Å²) in [4.78, 5) is 23.3. The Hall–Kier alpha value is -3.91. The summed E-state index contributed by atoms with van der Waals surface area (Å²) in [5, 5.41) is 11.4. The van der Waals surface area contributed by atoms with E-state index in [0.29, 0.717) is 5.75 Å². The molecule has 35 heavy (non-hydrogen) atoms. The SMILES string of the molecule is COc1ccc(COc2ccc(C(=O)NCCC(=O)O)c(Cl)c2OCc2ccc(OC)cc2)cc1. The number of carbonyl (C=O) groups excluding carboxylic acids is 1. The van der Waals surface area contributed by atoms with Crippen LogP contribution in [0.5, 0.6) is 23.0 Å². The highest BCUT2D eigenvalue weighted by molar-refractivity contribution is 6.35. The van der Waals surface area contributed by atoms with Crippen molar-refractivity contribution >= 4 is 23.5 Å². The normalized spacial score (nSPS) is 10.4. The molecule has 0 heterocycles. The number of hydrogen-bond acceptors (Lipinski definition) is 6. The number of carboxylic acid groups (broad SMARTS) is 1. The summed E-state index contributed by atoms with van der Waals surface area (Å²) < 4.78 is 22.3. The van der Waals surface area contributed by atoms with Crippen LogP contribution < -0.4 is 24.3 Å². The van der Waals surface area contributed by atoms with Crippen molar-refractivity contribution in [3.63, 3.8) is 0 Å². The summed E-state index contributed by atoms with van der Waals surface area (Å²) in [5.74, 6) is 0.506. The van der Waals surface area contributed by atoms with Gasteiger partial charge in [-0.15, -0.1) is 0 Å². The lowest BCUT2D eigenvalue weighted by molar-refractivity contribution is -0.136. The van der Waals surface area contributed by atoms with Crippen molar-refractivity contribution in [1.82, 2.24) is 5.32 Å². The molecule has 1 amide bonds. The molecule has 0 saturated heterocycles. The van der Waals surface area contributed by atoms with Crippen molar-refractivity contribution in [3.8, 4) is 23.0 Å². The maximum absolute atomic E-state index is 12.6. The molecule has 0 unspecified atom stereocenters. The fraction of sp³-hybridized carbons (Fsp3) is 0.231.